The van der Waals surface area contributed by atoms with E-state index in [9.17, 15) is 13.2 Å². The van der Waals surface area contributed by atoms with Crippen molar-refractivity contribution in [3.63, 3.8) is 0 Å². The van der Waals surface area contributed by atoms with Crippen molar-refractivity contribution in [2.45, 2.75) is 25.1 Å². The Morgan fingerprint density at radius 3 is 2.46 bits per heavy atom. The molecule has 0 fully saturated rings. The first-order valence-corrected chi connectivity index (χ1v) is 11.3. The van der Waals surface area contributed by atoms with E-state index in [4.69, 9.17) is 21.1 Å². The second-order valence-corrected chi connectivity index (χ2v) is 9.34. The van der Waals surface area contributed by atoms with Gasteiger partial charge in [-0.25, -0.2) is 8.42 Å². The number of benzene rings is 2. The van der Waals surface area contributed by atoms with Gasteiger partial charge in [-0.15, -0.1) is 0 Å². The molecule has 150 valence electrons. The quantitative estimate of drug-likeness (QED) is 0.772. The van der Waals surface area contributed by atoms with E-state index >= 15 is 0 Å². The van der Waals surface area contributed by atoms with Crippen LogP contribution in [0.1, 0.15) is 23.1 Å². The summed E-state index contributed by atoms with van der Waals surface area (Å²) >= 11 is 6.26. The molecule has 0 saturated heterocycles. The van der Waals surface area contributed by atoms with Crippen LogP contribution in [0.2, 0.25) is 5.02 Å². The molecule has 0 saturated carbocycles. The minimum Gasteiger partial charge on any atom is -0.489 e. The van der Waals surface area contributed by atoms with Crippen LogP contribution in [0.4, 0.5) is 0 Å². The standard InChI is InChI=1S/C20H22ClNO5S/c1-28(24,25)13-15-5-3-14(4-6-15)12-22-19(23)11-16-9-17(21)20-18(10-16)26-7-2-8-27-20/h3-6,9-10H,2,7-8,11-13H2,1H3,(H,22,23). The molecule has 2 aromatic rings. The number of nitrogens with one attached hydrogen (secondary N) is 1. The van der Waals surface area contributed by atoms with Crippen LogP contribution in [-0.2, 0) is 33.4 Å². The topological polar surface area (TPSA) is 81.7 Å². The van der Waals surface area contributed by atoms with Gasteiger partial charge in [-0.3, -0.25) is 4.79 Å². The number of ether oxygens (including phenoxy) is 2. The fourth-order valence-corrected chi connectivity index (χ4v) is 3.98. The number of sulfone groups is 1. The number of amides is 1. The van der Waals surface area contributed by atoms with E-state index in [1.165, 1.54) is 6.26 Å². The molecule has 0 unspecified atom stereocenters. The fourth-order valence-electron chi connectivity index (χ4n) is 2.89. The van der Waals surface area contributed by atoms with Gasteiger partial charge in [-0.2, -0.15) is 0 Å². The molecule has 1 N–H and O–H groups in total. The van der Waals surface area contributed by atoms with Crippen molar-refractivity contribution in [2.24, 2.45) is 0 Å². The highest BCUT2D eigenvalue weighted by Gasteiger charge is 2.16. The summed E-state index contributed by atoms with van der Waals surface area (Å²) in [6.45, 7) is 1.46. The summed E-state index contributed by atoms with van der Waals surface area (Å²) in [5, 5.41) is 3.29. The highest BCUT2D eigenvalue weighted by atomic mass is 35.5. The number of carbonyl (C=O) groups excluding carboxylic acids is 1. The molecule has 0 aromatic heterocycles. The predicted molar refractivity (Wildman–Crippen MR) is 108 cm³/mol. The van der Waals surface area contributed by atoms with Gasteiger partial charge in [0.25, 0.3) is 0 Å². The van der Waals surface area contributed by atoms with E-state index < -0.39 is 9.84 Å². The summed E-state index contributed by atoms with van der Waals surface area (Å²) in [4.78, 5) is 12.3. The maximum absolute atomic E-state index is 12.3. The largest absolute Gasteiger partial charge is 0.489 e. The van der Waals surface area contributed by atoms with Gasteiger partial charge in [0.05, 0.1) is 30.4 Å². The summed E-state index contributed by atoms with van der Waals surface area (Å²) < 4.78 is 33.9. The summed E-state index contributed by atoms with van der Waals surface area (Å²) in [6, 6.07) is 10.6. The summed E-state index contributed by atoms with van der Waals surface area (Å²) in [6.07, 6.45) is 2.15. The van der Waals surface area contributed by atoms with Gasteiger partial charge < -0.3 is 14.8 Å². The van der Waals surface area contributed by atoms with Gasteiger partial charge in [0.1, 0.15) is 0 Å². The predicted octanol–water partition coefficient (Wildman–Crippen LogP) is 2.90. The minimum atomic E-state index is -3.06. The smallest absolute Gasteiger partial charge is 0.224 e. The van der Waals surface area contributed by atoms with Crippen molar-refractivity contribution in [1.29, 1.82) is 0 Å². The average Bonchev–Trinajstić information content (AvgIpc) is 2.86. The minimum absolute atomic E-state index is 0.00448. The molecule has 1 heterocycles. The summed E-state index contributed by atoms with van der Waals surface area (Å²) in [7, 11) is -3.06. The molecule has 1 aliphatic rings. The second-order valence-electron chi connectivity index (χ2n) is 6.80. The molecule has 0 aliphatic carbocycles. The third-order valence-electron chi connectivity index (χ3n) is 4.17. The molecule has 2 aromatic carbocycles. The first-order chi connectivity index (χ1) is 13.3. The monoisotopic (exact) mass is 423 g/mol. The van der Waals surface area contributed by atoms with Crippen molar-refractivity contribution in [2.75, 3.05) is 19.5 Å². The van der Waals surface area contributed by atoms with Crippen molar-refractivity contribution in [1.82, 2.24) is 5.32 Å². The van der Waals surface area contributed by atoms with Crippen LogP contribution >= 0.6 is 11.6 Å². The van der Waals surface area contributed by atoms with E-state index in [0.717, 1.165) is 23.1 Å². The van der Waals surface area contributed by atoms with Crippen molar-refractivity contribution in [3.8, 4) is 11.5 Å². The van der Waals surface area contributed by atoms with E-state index in [2.05, 4.69) is 5.32 Å². The van der Waals surface area contributed by atoms with Gasteiger partial charge in [0.15, 0.2) is 21.3 Å². The average molecular weight is 424 g/mol. The SMILES string of the molecule is CS(=O)(=O)Cc1ccc(CNC(=O)Cc2cc(Cl)c3c(c2)OCCCO3)cc1. The maximum Gasteiger partial charge on any atom is 0.224 e. The van der Waals surface area contributed by atoms with Crippen molar-refractivity contribution >= 4 is 27.3 Å². The molecular formula is C20H22ClNO5S. The number of hydrogen-bond donors (Lipinski definition) is 1. The summed E-state index contributed by atoms with van der Waals surface area (Å²) in [5.74, 6) is 0.947. The molecule has 8 heteroatoms. The Balaban J connectivity index is 1.57. The zero-order chi connectivity index (χ0) is 20.1. The zero-order valence-electron chi connectivity index (χ0n) is 15.5. The highest BCUT2D eigenvalue weighted by Crippen LogP contribution is 2.38. The lowest BCUT2D eigenvalue weighted by atomic mass is 10.1. The molecule has 0 radical (unpaired) electrons. The third kappa shape index (κ3) is 5.87. The Morgan fingerprint density at radius 2 is 1.75 bits per heavy atom. The van der Waals surface area contributed by atoms with Crippen LogP contribution in [0.15, 0.2) is 36.4 Å². The molecule has 0 atom stereocenters. The normalized spacial score (nSPS) is 13.6. The van der Waals surface area contributed by atoms with E-state index in [-0.39, 0.29) is 18.1 Å². The van der Waals surface area contributed by atoms with Gasteiger partial charge >= 0.3 is 0 Å². The van der Waals surface area contributed by atoms with Crippen LogP contribution in [0.5, 0.6) is 11.5 Å². The van der Waals surface area contributed by atoms with Gasteiger partial charge in [0, 0.05) is 19.2 Å². The van der Waals surface area contributed by atoms with E-state index in [1.54, 1.807) is 24.3 Å². The molecule has 3 rings (SSSR count). The first-order valence-electron chi connectivity index (χ1n) is 8.90. The number of hydrogen-bond acceptors (Lipinski definition) is 5. The van der Waals surface area contributed by atoms with Crippen LogP contribution in [0.3, 0.4) is 0 Å². The Hall–Kier alpha value is -2.25. The number of carbonyl (C=O) groups is 1. The summed E-state index contributed by atoms with van der Waals surface area (Å²) in [5.41, 5.74) is 2.36. The van der Waals surface area contributed by atoms with Crippen LogP contribution in [0, 0.1) is 0 Å². The number of halogens is 1. The first kappa shape index (κ1) is 20.5. The van der Waals surface area contributed by atoms with Crippen molar-refractivity contribution in [3.05, 3.63) is 58.1 Å². The molecule has 1 amide bonds. The molecule has 0 spiro atoms. The lowest BCUT2D eigenvalue weighted by molar-refractivity contribution is -0.120. The lowest BCUT2D eigenvalue weighted by Crippen LogP contribution is -2.24. The lowest BCUT2D eigenvalue weighted by Gasteiger charge is -2.12. The van der Waals surface area contributed by atoms with Crippen LogP contribution < -0.4 is 14.8 Å². The third-order valence-corrected chi connectivity index (χ3v) is 5.31. The molecular weight excluding hydrogens is 402 g/mol. The maximum atomic E-state index is 12.3. The highest BCUT2D eigenvalue weighted by molar-refractivity contribution is 7.89. The number of rotatable bonds is 6. The van der Waals surface area contributed by atoms with E-state index in [0.29, 0.717) is 36.3 Å². The Morgan fingerprint density at radius 1 is 1.07 bits per heavy atom. The van der Waals surface area contributed by atoms with Crippen molar-refractivity contribution < 1.29 is 22.7 Å². The molecule has 28 heavy (non-hydrogen) atoms. The Bertz CT molecular complexity index is 957. The zero-order valence-corrected chi connectivity index (χ0v) is 17.1. The van der Waals surface area contributed by atoms with Crippen LogP contribution in [-0.4, -0.2) is 33.8 Å². The van der Waals surface area contributed by atoms with Gasteiger partial charge in [-0.1, -0.05) is 35.9 Å². The Kier molecular flexibility index (Phi) is 6.46. The van der Waals surface area contributed by atoms with E-state index in [1.807, 2.05) is 12.1 Å². The molecule has 6 nitrogen and oxygen atoms in total. The number of fused-ring (bicyclic) bond motifs is 1. The molecule has 0 bridgehead atoms. The Labute approximate surface area is 169 Å². The fraction of sp³-hybridized carbons (Fsp3) is 0.350. The van der Waals surface area contributed by atoms with Crippen LogP contribution in [0.25, 0.3) is 0 Å². The van der Waals surface area contributed by atoms with Gasteiger partial charge in [-0.05, 0) is 28.8 Å². The second kappa shape index (κ2) is 8.84. The molecule has 1 aliphatic heterocycles. The van der Waals surface area contributed by atoms with Gasteiger partial charge in [0.2, 0.25) is 5.91 Å².